The van der Waals surface area contributed by atoms with Crippen LogP contribution in [-0.2, 0) is 18.9 Å². The van der Waals surface area contributed by atoms with Gasteiger partial charge < -0.3 is 24.1 Å². The van der Waals surface area contributed by atoms with Gasteiger partial charge >= 0.3 is 0 Å². The number of hydrogen-bond donors (Lipinski definition) is 1. The number of aliphatic hydroxyl groups is 1. The summed E-state index contributed by atoms with van der Waals surface area (Å²) in [5.74, 6) is -0.620. The summed E-state index contributed by atoms with van der Waals surface area (Å²) in [6.07, 6.45) is -0.564. The molecule has 0 radical (unpaired) electrons. The first kappa shape index (κ1) is 9.99. The molecule has 15 heavy (non-hydrogen) atoms. The predicted molar refractivity (Wildman–Crippen MR) is 49.3 cm³/mol. The summed E-state index contributed by atoms with van der Waals surface area (Å²) in [6, 6.07) is 0. The van der Waals surface area contributed by atoms with Crippen molar-refractivity contribution in [1.29, 1.82) is 0 Å². The SMILES string of the molecule is CO[C@@H]1[C@H]2OC(C)(C)O[C@H]2[C@@]2(CO)O[C@@H]12. The average molecular weight is 216 g/mol. The maximum Gasteiger partial charge on any atom is 0.164 e. The van der Waals surface area contributed by atoms with Crippen molar-refractivity contribution in [2.75, 3.05) is 13.7 Å². The first-order valence-corrected chi connectivity index (χ1v) is 5.21. The number of ether oxygens (including phenoxy) is 4. The van der Waals surface area contributed by atoms with Crippen LogP contribution in [-0.4, -0.2) is 54.6 Å². The van der Waals surface area contributed by atoms with Crippen LogP contribution in [0.2, 0.25) is 0 Å². The van der Waals surface area contributed by atoms with Crippen LogP contribution in [0.15, 0.2) is 0 Å². The monoisotopic (exact) mass is 216 g/mol. The van der Waals surface area contributed by atoms with Gasteiger partial charge in [-0.2, -0.15) is 0 Å². The summed E-state index contributed by atoms with van der Waals surface area (Å²) in [4.78, 5) is 0. The molecule has 1 saturated carbocycles. The Balaban J connectivity index is 1.90. The molecule has 0 bridgehead atoms. The molecule has 5 heteroatoms. The third-order valence-corrected chi connectivity index (χ3v) is 3.52. The second kappa shape index (κ2) is 2.73. The molecule has 0 unspecified atom stereocenters. The van der Waals surface area contributed by atoms with E-state index in [1.807, 2.05) is 13.8 Å². The van der Waals surface area contributed by atoms with E-state index >= 15 is 0 Å². The van der Waals surface area contributed by atoms with Crippen molar-refractivity contribution in [3.05, 3.63) is 0 Å². The number of hydrogen-bond acceptors (Lipinski definition) is 5. The third kappa shape index (κ3) is 1.10. The highest BCUT2D eigenvalue weighted by Crippen LogP contribution is 2.57. The Morgan fingerprint density at radius 1 is 1.20 bits per heavy atom. The van der Waals surface area contributed by atoms with Crippen LogP contribution in [0.25, 0.3) is 0 Å². The zero-order valence-corrected chi connectivity index (χ0v) is 9.10. The lowest BCUT2D eigenvalue weighted by Gasteiger charge is -2.20. The van der Waals surface area contributed by atoms with Gasteiger partial charge in [0.2, 0.25) is 0 Å². The molecule has 2 aliphatic heterocycles. The maximum atomic E-state index is 9.38. The topological polar surface area (TPSA) is 60.5 Å². The lowest BCUT2D eigenvalue weighted by molar-refractivity contribution is -0.164. The van der Waals surface area contributed by atoms with Crippen LogP contribution in [0, 0.1) is 0 Å². The highest BCUT2D eigenvalue weighted by atomic mass is 16.8. The van der Waals surface area contributed by atoms with Crippen molar-refractivity contribution < 1.29 is 24.1 Å². The van der Waals surface area contributed by atoms with Gasteiger partial charge in [0.15, 0.2) is 5.79 Å². The highest BCUT2D eigenvalue weighted by Gasteiger charge is 2.78. The van der Waals surface area contributed by atoms with Crippen LogP contribution in [0.4, 0.5) is 0 Å². The summed E-state index contributed by atoms with van der Waals surface area (Å²) in [7, 11) is 1.63. The molecule has 1 aliphatic carbocycles. The van der Waals surface area contributed by atoms with E-state index in [0.29, 0.717) is 0 Å². The molecule has 0 aromatic carbocycles. The molecular weight excluding hydrogens is 200 g/mol. The van der Waals surface area contributed by atoms with Crippen LogP contribution in [0.5, 0.6) is 0 Å². The van der Waals surface area contributed by atoms with Gasteiger partial charge in [-0.15, -0.1) is 0 Å². The minimum atomic E-state index is -0.620. The predicted octanol–water partition coefficient (Wildman–Crippen LogP) is -0.335. The standard InChI is InChI=1S/C10H16O5/c1-9(2)13-6-5(12-3)7-10(4-11,15-7)8(6)14-9/h5-8,11H,4H2,1-3H3/t5-,6-,7+,8-,10+/m1/s1. The lowest BCUT2D eigenvalue weighted by Crippen LogP contribution is -2.38. The lowest BCUT2D eigenvalue weighted by atomic mass is 10.1. The van der Waals surface area contributed by atoms with Crippen molar-refractivity contribution >= 4 is 0 Å². The number of epoxide rings is 1. The van der Waals surface area contributed by atoms with Crippen molar-refractivity contribution in [2.45, 2.75) is 49.7 Å². The third-order valence-electron chi connectivity index (χ3n) is 3.52. The first-order chi connectivity index (χ1) is 7.04. The molecule has 0 aromatic heterocycles. The van der Waals surface area contributed by atoms with E-state index in [0.717, 1.165) is 0 Å². The van der Waals surface area contributed by atoms with E-state index in [4.69, 9.17) is 18.9 Å². The molecule has 2 saturated heterocycles. The zero-order chi connectivity index (χ0) is 10.8. The molecule has 0 aromatic rings. The summed E-state index contributed by atoms with van der Waals surface area (Å²) in [6.45, 7) is 3.68. The Morgan fingerprint density at radius 2 is 1.93 bits per heavy atom. The Bertz CT molecular complexity index is 292. The number of methoxy groups -OCH3 is 1. The fraction of sp³-hybridized carbons (Fsp3) is 1.00. The Hall–Kier alpha value is -0.200. The molecule has 5 nitrogen and oxygen atoms in total. The van der Waals surface area contributed by atoms with Gasteiger partial charge in [0.05, 0.1) is 6.61 Å². The van der Waals surface area contributed by atoms with Gasteiger partial charge in [-0.05, 0) is 13.8 Å². The molecule has 2 heterocycles. The number of aliphatic hydroxyl groups excluding tert-OH is 1. The Kier molecular flexibility index (Phi) is 1.81. The van der Waals surface area contributed by atoms with E-state index in [2.05, 4.69) is 0 Å². The molecule has 3 aliphatic rings. The summed E-state index contributed by atoms with van der Waals surface area (Å²) < 4.78 is 22.4. The van der Waals surface area contributed by atoms with Crippen molar-refractivity contribution in [3.8, 4) is 0 Å². The fourth-order valence-electron chi connectivity index (χ4n) is 2.83. The smallest absolute Gasteiger partial charge is 0.164 e. The van der Waals surface area contributed by atoms with Gasteiger partial charge in [0.25, 0.3) is 0 Å². The molecule has 1 N–H and O–H groups in total. The van der Waals surface area contributed by atoms with Gasteiger partial charge in [0, 0.05) is 7.11 Å². The number of fused-ring (bicyclic) bond motifs is 3. The second-order valence-electron chi connectivity index (χ2n) is 4.87. The fourth-order valence-corrected chi connectivity index (χ4v) is 2.83. The first-order valence-electron chi connectivity index (χ1n) is 5.21. The van der Waals surface area contributed by atoms with Gasteiger partial charge in [-0.1, -0.05) is 0 Å². The van der Waals surface area contributed by atoms with Gasteiger partial charge in [-0.3, -0.25) is 0 Å². The minimum absolute atomic E-state index is 0.0435. The Morgan fingerprint density at radius 3 is 2.53 bits per heavy atom. The van der Waals surface area contributed by atoms with Crippen LogP contribution in [0.3, 0.4) is 0 Å². The molecule has 86 valence electrons. The van der Waals surface area contributed by atoms with Crippen LogP contribution in [0.1, 0.15) is 13.8 Å². The molecule has 0 amide bonds. The van der Waals surface area contributed by atoms with Crippen LogP contribution < -0.4 is 0 Å². The van der Waals surface area contributed by atoms with Crippen LogP contribution >= 0.6 is 0 Å². The highest BCUT2D eigenvalue weighted by molar-refractivity contribution is 5.24. The summed E-state index contributed by atoms with van der Waals surface area (Å²) in [5, 5.41) is 9.38. The van der Waals surface area contributed by atoms with E-state index in [-0.39, 0.29) is 31.0 Å². The summed E-state index contributed by atoms with van der Waals surface area (Å²) in [5.41, 5.74) is -0.584. The second-order valence-corrected chi connectivity index (χ2v) is 4.87. The van der Waals surface area contributed by atoms with Gasteiger partial charge in [-0.25, -0.2) is 0 Å². The summed E-state index contributed by atoms with van der Waals surface area (Å²) >= 11 is 0. The molecule has 0 spiro atoms. The van der Waals surface area contributed by atoms with E-state index in [1.165, 1.54) is 0 Å². The average Bonchev–Trinajstić information content (AvgIpc) is 2.73. The van der Waals surface area contributed by atoms with Crippen molar-refractivity contribution in [2.24, 2.45) is 0 Å². The van der Waals surface area contributed by atoms with E-state index in [1.54, 1.807) is 7.11 Å². The largest absolute Gasteiger partial charge is 0.393 e. The molecule has 3 fully saturated rings. The minimum Gasteiger partial charge on any atom is -0.393 e. The normalized spacial score (nSPS) is 55.2. The quantitative estimate of drug-likeness (QED) is 0.640. The maximum absolute atomic E-state index is 9.38. The molecule has 3 rings (SSSR count). The van der Waals surface area contributed by atoms with Crippen molar-refractivity contribution in [1.82, 2.24) is 0 Å². The number of rotatable bonds is 2. The Labute approximate surface area is 88.3 Å². The van der Waals surface area contributed by atoms with E-state index in [9.17, 15) is 5.11 Å². The van der Waals surface area contributed by atoms with Gasteiger partial charge in [0.1, 0.15) is 30.0 Å². The zero-order valence-electron chi connectivity index (χ0n) is 9.10. The molecule has 5 atom stereocenters. The van der Waals surface area contributed by atoms with E-state index < -0.39 is 11.4 Å². The van der Waals surface area contributed by atoms with Crippen molar-refractivity contribution in [3.63, 3.8) is 0 Å². The molecular formula is C10H16O5.